The Bertz CT molecular complexity index is 486. The van der Waals surface area contributed by atoms with Gasteiger partial charge in [0, 0.05) is 0 Å². The van der Waals surface area contributed by atoms with Gasteiger partial charge in [-0.15, -0.1) is 0 Å². The van der Waals surface area contributed by atoms with E-state index in [0.29, 0.717) is 0 Å². The topological polar surface area (TPSA) is 18.5 Å². The van der Waals surface area contributed by atoms with Crippen molar-refractivity contribution in [3.8, 4) is 5.75 Å². The quantitative estimate of drug-likeness (QED) is 0.446. The van der Waals surface area contributed by atoms with Gasteiger partial charge in [0.15, 0.2) is 0 Å². The lowest BCUT2D eigenvalue weighted by Crippen LogP contribution is -1.98. The minimum atomic E-state index is 0.215. The van der Waals surface area contributed by atoms with Crippen LogP contribution in [0.4, 0.5) is 0 Å². The molecule has 0 amide bonds. The number of rotatable bonds is 5. The Balaban J connectivity index is 1.73. The Hall–Kier alpha value is -2.22. The molecule has 18 heavy (non-hydrogen) atoms. The number of ether oxygens (including phenoxy) is 2. The molecule has 92 valence electrons. The predicted molar refractivity (Wildman–Crippen MR) is 73.2 cm³/mol. The molecule has 0 aliphatic carbocycles. The molecule has 0 heterocycles. The van der Waals surface area contributed by atoms with Crippen molar-refractivity contribution in [2.45, 2.75) is 6.92 Å². The summed E-state index contributed by atoms with van der Waals surface area (Å²) >= 11 is 0. The predicted octanol–water partition coefficient (Wildman–Crippen LogP) is 4.02. The van der Waals surface area contributed by atoms with Gasteiger partial charge >= 0.3 is 0 Å². The second-order valence-corrected chi connectivity index (χ2v) is 3.96. The monoisotopic (exact) mass is 240 g/mol. The van der Waals surface area contributed by atoms with Gasteiger partial charge in [0.2, 0.25) is 6.79 Å². The standard InChI is InChI=1S/C16H16O2/c1-14-7-9-16(10-8-14)18-13-17-12-11-15-5-3-2-4-6-15/h2-12H,13H2,1H3/b12-11+. The molecule has 2 heteroatoms. The molecular formula is C16H16O2. The zero-order valence-corrected chi connectivity index (χ0v) is 10.4. The summed E-state index contributed by atoms with van der Waals surface area (Å²) in [5.74, 6) is 0.814. The Kier molecular flexibility index (Phi) is 4.42. The first-order chi connectivity index (χ1) is 8.84. The molecule has 0 bridgehead atoms. The van der Waals surface area contributed by atoms with E-state index >= 15 is 0 Å². The van der Waals surface area contributed by atoms with Crippen molar-refractivity contribution in [3.05, 3.63) is 72.0 Å². The molecule has 0 aliphatic heterocycles. The van der Waals surface area contributed by atoms with E-state index in [2.05, 4.69) is 0 Å². The molecule has 2 rings (SSSR count). The van der Waals surface area contributed by atoms with Crippen LogP contribution in [0.2, 0.25) is 0 Å². The fourth-order valence-corrected chi connectivity index (χ4v) is 1.47. The third kappa shape index (κ3) is 3.98. The maximum Gasteiger partial charge on any atom is 0.229 e. The molecule has 0 unspecified atom stereocenters. The molecule has 0 fully saturated rings. The van der Waals surface area contributed by atoms with Crippen molar-refractivity contribution in [2.75, 3.05) is 6.79 Å². The summed E-state index contributed by atoms with van der Waals surface area (Å²) in [4.78, 5) is 0. The van der Waals surface area contributed by atoms with Gasteiger partial charge in [-0.2, -0.15) is 0 Å². The maximum atomic E-state index is 5.43. The number of aryl methyl sites for hydroxylation is 1. The minimum absolute atomic E-state index is 0.215. The van der Waals surface area contributed by atoms with Crippen molar-refractivity contribution in [3.63, 3.8) is 0 Å². The van der Waals surface area contributed by atoms with E-state index in [1.54, 1.807) is 6.26 Å². The zero-order chi connectivity index (χ0) is 12.6. The number of hydrogen-bond donors (Lipinski definition) is 0. The van der Waals surface area contributed by atoms with E-state index < -0.39 is 0 Å². The van der Waals surface area contributed by atoms with Crippen molar-refractivity contribution >= 4 is 6.08 Å². The van der Waals surface area contributed by atoms with Gasteiger partial charge in [0.1, 0.15) is 5.75 Å². The third-order valence-corrected chi connectivity index (χ3v) is 2.47. The molecule has 0 saturated heterocycles. The van der Waals surface area contributed by atoms with Crippen molar-refractivity contribution in [1.29, 1.82) is 0 Å². The number of benzene rings is 2. The zero-order valence-electron chi connectivity index (χ0n) is 10.4. The summed E-state index contributed by atoms with van der Waals surface area (Å²) in [6.07, 6.45) is 3.54. The summed E-state index contributed by atoms with van der Waals surface area (Å²) in [6, 6.07) is 17.9. The van der Waals surface area contributed by atoms with Crippen LogP contribution in [0.1, 0.15) is 11.1 Å². The van der Waals surface area contributed by atoms with Gasteiger partial charge < -0.3 is 9.47 Å². The first-order valence-corrected chi connectivity index (χ1v) is 5.87. The summed E-state index contributed by atoms with van der Waals surface area (Å²) in [6.45, 7) is 2.26. The summed E-state index contributed by atoms with van der Waals surface area (Å²) in [5, 5.41) is 0. The summed E-state index contributed by atoms with van der Waals surface area (Å²) < 4.78 is 10.7. The van der Waals surface area contributed by atoms with Gasteiger partial charge in [-0.05, 0) is 30.7 Å². The lowest BCUT2D eigenvalue weighted by Gasteiger charge is -2.05. The Labute approximate surface area is 107 Å². The average molecular weight is 240 g/mol. The Morgan fingerprint density at radius 1 is 0.944 bits per heavy atom. The van der Waals surface area contributed by atoms with E-state index in [0.717, 1.165) is 11.3 Å². The average Bonchev–Trinajstić information content (AvgIpc) is 2.42. The van der Waals surface area contributed by atoms with Crippen molar-refractivity contribution in [1.82, 2.24) is 0 Å². The van der Waals surface area contributed by atoms with Crippen LogP contribution in [0.3, 0.4) is 0 Å². The van der Waals surface area contributed by atoms with Crippen molar-refractivity contribution < 1.29 is 9.47 Å². The van der Waals surface area contributed by atoms with Crippen LogP contribution in [0.5, 0.6) is 5.75 Å². The fraction of sp³-hybridized carbons (Fsp3) is 0.125. The molecule has 2 aromatic carbocycles. The molecule has 0 aliphatic rings. The first kappa shape index (κ1) is 12.2. The van der Waals surface area contributed by atoms with E-state index in [1.165, 1.54) is 5.56 Å². The van der Waals surface area contributed by atoms with Gasteiger partial charge in [0.05, 0.1) is 6.26 Å². The van der Waals surface area contributed by atoms with Crippen LogP contribution in [-0.4, -0.2) is 6.79 Å². The molecule has 0 saturated carbocycles. The summed E-state index contributed by atoms with van der Waals surface area (Å²) in [5.41, 5.74) is 2.32. The van der Waals surface area contributed by atoms with Crippen LogP contribution in [-0.2, 0) is 4.74 Å². The lowest BCUT2D eigenvalue weighted by molar-refractivity contribution is 0.0813. The van der Waals surface area contributed by atoms with Gasteiger partial charge in [-0.3, -0.25) is 0 Å². The Morgan fingerprint density at radius 3 is 2.39 bits per heavy atom. The third-order valence-electron chi connectivity index (χ3n) is 2.47. The second-order valence-electron chi connectivity index (χ2n) is 3.96. The molecule has 2 aromatic rings. The van der Waals surface area contributed by atoms with E-state index in [1.807, 2.05) is 67.6 Å². The summed E-state index contributed by atoms with van der Waals surface area (Å²) in [7, 11) is 0. The van der Waals surface area contributed by atoms with Crippen LogP contribution in [0, 0.1) is 6.92 Å². The maximum absolute atomic E-state index is 5.43. The van der Waals surface area contributed by atoms with E-state index in [4.69, 9.17) is 9.47 Å². The largest absolute Gasteiger partial charge is 0.465 e. The number of hydrogen-bond acceptors (Lipinski definition) is 2. The van der Waals surface area contributed by atoms with Crippen LogP contribution < -0.4 is 4.74 Å². The molecule has 0 N–H and O–H groups in total. The molecule has 0 spiro atoms. The highest BCUT2D eigenvalue weighted by molar-refractivity contribution is 5.47. The van der Waals surface area contributed by atoms with Crippen LogP contribution in [0.25, 0.3) is 6.08 Å². The van der Waals surface area contributed by atoms with Gasteiger partial charge in [-0.25, -0.2) is 0 Å². The highest BCUT2D eigenvalue weighted by Crippen LogP contribution is 2.11. The van der Waals surface area contributed by atoms with E-state index in [-0.39, 0.29) is 6.79 Å². The molecule has 0 atom stereocenters. The Morgan fingerprint density at radius 2 is 1.67 bits per heavy atom. The van der Waals surface area contributed by atoms with Gasteiger partial charge in [-0.1, -0.05) is 48.0 Å². The van der Waals surface area contributed by atoms with Crippen molar-refractivity contribution in [2.24, 2.45) is 0 Å². The van der Waals surface area contributed by atoms with E-state index in [9.17, 15) is 0 Å². The molecule has 0 aromatic heterocycles. The second kappa shape index (κ2) is 6.50. The molecule has 0 radical (unpaired) electrons. The molecule has 2 nitrogen and oxygen atoms in total. The molecular weight excluding hydrogens is 224 g/mol. The lowest BCUT2D eigenvalue weighted by atomic mass is 10.2. The first-order valence-electron chi connectivity index (χ1n) is 5.87. The normalized spacial score (nSPS) is 10.5. The van der Waals surface area contributed by atoms with Crippen LogP contribution in [0.15, 0.2) is 60.9 Å². The smallest absolute Gasteiger partial charge is 0.229 e. The van der Waals surface area contributed by atoms with Gasteiger partial charge in [0.25, 0.3) is 0 Å². The SMILES string of the molecule is Cc1ccc(OCO/C=C/c2ccccc2)cc1. The van der Waals surface area contributed by atoms with Crippen LogP contribution >= 0.6 is 0 Å². The highest BCUT2D eigenvalue weighted by atomic mass is 16.7. The fourth-order valence-electron chi connectivity index (χ4n) is 1.47. The highest BCUT2D eigenvalue weighted by Gasteiger charge is 1.91. The minimum Gasteiger partial charge on any atom is -0.465 e.